The van der Waals surface area contributed by atoms with Crippen molar-refractivity contribution in [3.05, 3.63) is 24.3 Å². The number of nitrogens with one attached hydrogen (secondary N) is 1. The van der Waals surface area contributed by atoms with Crippen molar-refractivity contribution in [2.24, 2.45) is 0 Å². The summed E-state index contributed by atoms with van der Waals surface area (Å²) in [5.41, 5.74) is 0.0843. The van der Waals surface area contributed by atoms with Crippen LogP contribution in [0.3, 0.4) is 0 Å². The number of methoxy groups -OCH3 is 1. The van der Waals surface area contributed by atoms with Gasteiger partial charge in [0.2, 0.25) is 11.7 Å². The van der Waals surface area contributed by atoms with Crippen LogP contribution in [0.15, 0.2) is 18.5 Å². The van der Waals surface area contributed by atoms with Crippen LogP contribution < -0.4 is 10.1 Å². The lowest BCUT2D eigenvalue weighted by molar-refractivity contribution is -0.144. The third-order valence-electron chi connectivity index (χ3n) is 2.34. The summed E-state index contributed by atoms with van der Waals surface area (Å²) >= 11 is 0. The Morgan fingerprint density at radius 1 is 1.15 bits per heavy atom. The van der Waals surface area contributed by atoms with Crippen LogP contribution in [0.25, 0.3) is 11.4 Å². The number of nitrogens with zero attached hydrogens (tertiary/aromatic N) is 4. The van der Waals surface area contributed by atoms with E-state index in [0.717, 1.165) is 0 Å². The second-order valence-corrected chi connectivity index (χ2v) is 3.62. The van der Waals surface area contributed by atoms with Gasteiger partial charge in [-0.25, -0.2) is 19.9 Å². The van der Waals surface area contributed by atoms with Gasteiger partial charge in [-0.3, -0.25) is 0 Å². The molecule has 6 nitrogen and oxygen atoms in total. The Bertz CT molecular complexity index is 617. The van der Waals surface area contributed by atoms with Crippen molar-refractivity contribution < 1.29 is 17.9 Å². The van der Waals surface area contributed by atoms with Crippen LogP contribution in [0.2, 0.25) is 0 Å². The number of halogens is 3. The molecule has 2 aromatic heterocycles. The zero-order chi connectivity index (χ0) is 14.8. The molecular formula is C11H10F3N5O. The molecule has 106 valence electrons. The van der Waals surface area contributed by atoms with Gasteiger partial charge >= 0.3 is 6.18 Å². The van der Waals surface area contributed by atoms with E-state index in [4.69, 9.17) is 4.74 Å². The lowest BCUT2D eigenvalue weighted by Gasteiger charge is -2.10. The van der Waals surface area contributed by atoms with E-state index >= 15 is 0 Å². The van der Waals surface area contributed by atoms with E-state index in [1.54, 1.807) is 0 Å². The van der Waals surface area contributed by atoms with E-state index < -0.39 is 12.0 Å². The number of rotatable bonds is 3. The van der Waals surface area contributed by atoms with Gasteiger partial charge in [0.05, 0.1) is 7.11 Å². The van der Waals surface area contributed by atoms with E-state index in [2.05, 4.69) is 25.3 Å². The fraction of sp³-hybridized carbons (Fsp3) is 0.273. The molecule has 0 saturated heterocycles. The van der Waals surface area contributed by atoms with Gasteiger partial charge in [-0.15, -0.1) is 0 Å². The smallest absolute Gasteiger partial charge is 0.451 e. The molecule has 2 rings (SSSR count). The molecule has 0 radical (unpaired) electrons. The second kappa shape index (κ2) is 5.27. The van der Waals surface area contributed by atoms with Crippen molar-refractivity contribution in [1.29, 1.82) is 0 Å². The summed E-state index contributed by atoms with van der Waals surface area (Å²) < 4.78 is 43.3. The summed E-state index contributed by atoms with van der Waals surface area (Å²) in [5, 5.41) is 2.55. The van der Waals surface area contributed by atoms with E-state index in [9.17, 15) is 13.2 Å². The monoisotopic (exact) mass is 285 g/mol. The lowest BCUT2D eigenvalue weighted by atomic mass is 10.3. The van der Waals surface area contributed by atoms with Gasteiger partial charge in [0, 0.05) is 25.5 Å². The highest BCUT2D eigenvalue weighted by Gasteiger charge is 2.35. The highest BCUT2D eigenvalue weighted by Crippen LogP contribution is 2.31. The maximum Gasteiger partial charge on any atom is 0.451 e. The van der Waals surface area contributed by atoms with E-state index in [1.807, 2.05) is 0 Å². The SMILES string of the molecule is CNc1cc(-c2nccnc2OC)nc(C(F)(F)F)n1. The summed E-state index contributed by atoms with van der Waals surface area (Å²) in [4.78, 5) is 14.7. The highest BCUT2D eigenvalue weighted by molar-refractivity contribution is 5.63. The summed E-state index contributed by atoms with van der Waals surface area (Å²) in [6.45, 7) is 0. The first-order valence-electron chi connectivity index (χ1n) is 5.45. The van der Waals surface area contributed by atoms with Gasteiger partial charge in [-0.05, 0) is 0 Å². The predicted octanol–water partition coefficient (Wildman–Crippen LogP) is 2.00. The molecule has 0 fully saturated rings. The fourth-order valence-electron chi connectivity index (χ4n) is 1.47. The normalized spacial score (nSPS) is 11.2. The number of aromatic nitrogens is 4. The van der Waals surface area contributed by atoms with Crippen molar-refractivity contribution in [2.75, 3.05) is 19.5 Å². The fourth-order valence-corrected chi connectivity index (χ4v) is 1.47. The zero-order valence-corrected chi connectivity index (χ0v) is 10.6. The Balaban J connectivity index is 2.62. The Labute approximate surface area is 112 Å². The van der Waals surface area contributed by atoms with Crippen LogP contribution in [0.1, 0.15) is 5.82 Å². The molecule has 0 aromatic carbocycles. The molecule has 20 heavy (non-hydrogen) atoms. The molecule has 9 heteroatoms. The minimum atomic E-state index is -4.66. The Morgan fingerprint density at radius 2 is 1.85 bits per heavy atom. The number of hydrogen-bond donors (Lipinski definition) is 1. The average molecular weight is 285 g/mol. The molecule has 0 amide bonds. The average Bonchev–Trinajstić information content (AvgIpc) is 2.45. The van der Waals surface area contributed by atoms with Gasteiger partial charge in [0.25, 0.3) is 0 Å². The molecule has 0 spiro atoms. The van der Waals surface area contributed by atoms with Crippen LogP contribution >= 0.6 is 0 Å². The summed E-state index contributed by atoms with van der Waals surface area (Å²) in [6, 6.07) is 1.34. The molecule has 0 atom stereocenters. The Hall–Kier alpha value is -2.45. The van der Waals surface area contributed by atoms with Crippen LogP contribution in [-0.2, 0) is 6.18 Å². The Kier molecular flexibility index (Phi) is 3.68. The molecule has 0 aliphatic heterocycles. The lowest BCUT2D eigenvalue weighted by Crippen LogP contribution is -2.13. The first-order valence-corrected chi connectivity index (χ1v) is 5.45. The number of ether oxygens (including phenoxy) is 1. The molecule has 2 aromatic rings. The van der Waals surface area contributed by atoms with E-state index in [1.165, 1.54) is 32.6 Å². The molecule has 0 saturated carbocycles. The number of alkyl halides is 3. The zero-order valence-electron chi connectivity index (χ0n) is 10.6. The molecular weight excluding hydrogens is 275 g/mol. The number of hydrogen-bond acceptors (Lipinski definition) is 6. The van der Waals surface area contributed by atoms with E-state index in [-0.39, 0.29) is 23.1 Å². The molecule has 0 aliphatic rings. The van der Waals surface area contributed by atoms with Crippen LogP contribution in [-0.4, -0.2) is 34.1 Å². The topological polar surface area (TPSA) is 72.8 Å². The quantitative estimate of drug-likeness (QED) is 0.930. The van der Waals surface area contributed by atoms with Gasteiger partial charge in [-0.1, -0.05) is 0 Å². The van der Waals surface area contributed by atoms with E-state index in [0.29, 0.717) is 0 Å². The number of anilines is 1. The van der Waals surface area contributed by atoms with Gasteiger partial charge in [0.1, 0.15) is 11.5 Å². The van der Waals surface area contributed by atoms with Crippen molar-refractivity contribution >= 4 is 5.82 Å². The first-order chi connectivity index (χ1) is 9.45. The van der Waals surface area contributed by atoms with Crippen molar-refractivity contribution in [3.63, 3.8) is 0 Å². The molecule has 1 N–H and O–H groups in total. The molecule has 2 heterocycles. The van der Waals surface area contributed by atoms with Crippen molar-refractivity contribution in [3.8, 4) is 17.3 Å². The minimum absolute atomic E-state index is 0.0232. The summed E-state index contributed by atoms with van der Waals surface area (Å²) in [7, 11) is 2.80. The third kappa shape index (κ3) is 2.76. The third-order valence-corrected chi connectivity index (χ3v) is 2.34. The second-order valence-electron chi connectivity index (χ2n) is 3.62. The van der Waals surface area contributed by atoms with Crippen LogP contribution in [0.4, 0.5) is 19.0 Å². The van der Waals surface area contributed by atoms with Crippen molar-refractivity contribution in [1.82, 2.24) is 19.9 Å². The summed E-state index contributed by atoms with van der Waals surface area (Å²) in [5.74, 6) is -1.15. The standard InChI is InChI=1S/C11H10F3N5O/c1-15-7-5-6(18-10(19-7)11(12,13)14)8-9(20-2)17-4-3-16-8/h3-5H,1-2H3,(H,15,18,19). The summed E-state index contributed by atoms with van der Waals surface area (Å²) in [6.07, 6.45) is -1.95. The minimum Gasteiger partial charge on any atom is -0.479 e. The van der Waals surface area contributed by atoms with Crippen LogP contribution in [0, 0.1) is 0 Å². The predicted molar refractivity (Wildman–Crippen MR) is 64.2 cm³/mol. The van der Waals surface area contributed by atoms with Gasteiger partial charge < -0.3 is 10.1 Å². The van der Waals surface area contributed by atoms with Crippen molar-refractivity contribution in [2.45, 2.75) is 6.18 Å². The first kappa shape index (κ1) is 14.0. The molecule has 0 unspecified atom stereocenters. The van der Waals surface area contributed by atoms with Crippen LogP contribution in [0.5, 0.6) is 5.88 Å². The maximum atomic E-state index is 12.8. The largest absolute Gasteiger partial charge is 0.479 e. The van der Waals surface area contributed by atoms with Gasteiger partial charge in [-0.2, -0.15) is 13.2 Å². The molecule has 0 bridgehead atoms. The van der Waals surface area contributed by atoms with Gasteiger partial charge in [0.15, 0.2) is 5.69 Å². The maximum absolute atomic E-state index is 12.8. The highest BCUT2D eigenvalue weighted by atomic mass is 19.4. The molecule has 0 aliphatic carbocycles. The Morgan fingerprint density at radius 3 is 2.45 bits per heavy atom.